The van der Waals surface area contributed by atoms with Crippen LogP contribution in [0.25, 0.3) is 0 Å². The molecule has 1 atom stereocenters. The molecule has 0 radical (unpaired) electrons. The Bertz CT molecular complexity index is 384. The van der Waals surface area contributed by atoms with Crippen LogP contribution in [0.5, 0.6) is 0 Å². The molecule has 0 aliphatic carbocycles. The Morgan fingerprint density at radius 3 is 2.94 bits per heavy atom. The average Bonchev–Trinajstić information content (AvgIpc) is 2.50. The summed E-state index contributed by atoms with van der Waals surface area (Å²) in [5.41, 5.74) is 2.74. The third kappa shape index (κ3) is 2.70. The molecule has 0 spiro atoms. The molecule has 1 unspecified atom stereocenters. The Hall–Kier alpha value is -1.28. The quantitative estimate of drug-likeness (QED) is 0.803. The zero-order valence-corrected chi connectivity index (χ0v) is 10.8. The van der Waals surface area contributed by atoms with Crippen molar-refractivity contribution in [2.45, 2.75) is 26.4 Å². The first kappa shape index (κ1) is 12.2. The second-order valence-electron chi connectivity index (χ2n) is 5.05. The molecule has 2 rings (SSSR count). The summed E-state index contributed by atoms with van der Waals surface area (Å²) in [5, 5.41) is 3.65. The first-order chi connectivity index (χ1) is 8.22. The number of para-hydroxylation sites is 1. The highest BCUT2D eigenvalue weighted by Crippen LogP contribution is 2.24. The maximum atomic E-state index is 3.87. The first-order valence-corrected chi connectivity index (χ1v) is 6.39. The molecular weight excluding hydrogens is 208 g/mol. The topological polar surface area (TPSA) is 15.3 Å². The number of nitrogens with one attached hydrogen (secondary N) is 1. The van der Waals surface area contributed by atoms with Crippen molar-refractivity contribution in [2.24, 2.45) is 5.92 Å². The highest BCUT2D eigenvalue weighted by Gasteiger charge is 2.22. The van der Waals surface area contributed by atoms with Gasteiger partial charge in [-0.05, 0) is 17.5 Å². The van der Waals surface area contributed by atoms with Crippen molar-refractivity contribution >= 4 is 5.69 Å². The van der Waals surface area contributed by atoms with E-state index in [-0.39, 0.29) is 0 Å². The number of hydrogen-bond acceptors (Lipinski definition) is 2. The first-order valence-electron chi connectivity index (χ1n) is 6.39. The number of rotatable bonds is 3. The standard InChI is InChI=1S/C15H22N2/c1-4-9-17-11-14(12(2)3)16-10-13-7-5-6-8-15(13)17/h4-8,12,14,16H,1,9-11H2,2-3H3. The lowest BCUT2D eigenvalue weighted by Gasteiger charge is -2.28. The van der Waals surface area contributed by atoms with Crippen molar-refractivity contribution in [3.63, 3.8) is 0 Å². The van der Waals surface area contributed by atoms with Gasteiger partial charge in [-0.2, -0.15) is 0 Å². The zero-order valence-electron chi connectivity index (χ0n) is 10.8. The largest absolute Gasteiger partial charge is 0.366 e. The van der Waals surface area contributed by atoms with Crippen molar-refractivity contribution in [1.29, 1.82) is 0 Å². The van der Waals surface area contributed by atoms with Gasteiger partial charge in [0.1, 0.15) is 0 Å². The van der Waals surface area contributed by atoms with Gasteiger partial charge in [-0.1, -0.05) is 38.1 Å². The van der Waals surface area contributed by atoms with Crippen molar-refractivity contribution < 1.29 is 0 Å². The molecule has 0 saturated heterocycles. The highest BCUT2D eigenvalue weighted by atomic mass is 15.2. The molecule has 2 heteroatoms. The van der Waals surface area contributed by atoms with Crippen molar-refractivity contribution in [3.05, 3.63) is 42.5 Å². The number of benzene rings is 1. The van der Waals surface area contributed by atoms with Gasteiger partial charge in [-0.15, -0.1) is 6.58 Å². The summed E-state index contributed by atoms with van der Waals surface area (Å²) >= 11 is 0. The van der Waals surface area contributed by atoms with Crippen molar-refractivity contribution in [2.75, 3.05) is 18.0 Å². The fraction of sp³-hybridized carbons (Fsp3) is 0.467. The molecule has 0 saturated carbocycles. The van der Waals surface area contributed by atoms with E-state index in [1.807, 2.05) is 6.08 Å². The van der Waals surface area contributed by atoms with Gasteiger partial charge in [-0.3, -0.25) is 0 Å². The van der Waals surface area contributed by atoms with E-state index in [0.29, 0.717) is 12.0 Å². The minimum atomic E-state index is 0.544. The van der Waals surface area contributed by atoms with E-state index in [1.54, 1.807) is 0 Å². The predicted molar refractivity (Wildman–Crippen MR) is 74.3 cm³/mol. The van der Waals surface area contributed by atoms with Gasteiger partial charge in [0, 0.05) is 31.4 Å². The molecule has 1 aliphatic rings. The lowest BCUT2D eigenvalue weighted by molar-refractivity contribution is 0.406. The van der Waals surface area contributed by atoms with E-state index in [4.69, 9.17) is 0 Å². The minimum absolute atomic E-state index is 0.544. The Morgan fingerprint density at radius 1 is 1.47 bits per heavy atom. The number of fused-ring (bicyclic) bond motifs is 1. The molecule has 2 nitrogen and oxygen atoms in total. The van der Waals surface area contributed by atoms with Gasteiger partial charge in [0.2, 0.25) is 0 Å². The number of hydrogen-bond donors (Lipinski definition) is 1. The van der Waals surface area contributed by atoms with Crippen molar-refractivity contribution in [1.82, 2.24) is 5.32 Å². The molecule has 0 amide bonds. The van der Waals surface area contributed by atoms with E-state index < -0.39 is 0 Å². The van der Waals surface area contributed by atoms with Crippen LogP contribution in [0.15, 0.2) is 36.9 Å². The molecule has 0 fully saturated rings. The van der Waals surface area contributed by atoms with Crippen LogP contribution in [0.4, 0.5) is 5.69 Å². The monoisotopic (exact) mass is 230 g/mol. The van der Waals surface area contributed by atoms with E-state index >= 15 is 0 Å². The van der Waals surface area contributed by atoms with Crippen LogP contribution in [0.3, 0.4) is 0 Å². The van der Waals surface area contributed by atoms with Crippen LogP contribution in [0, 0.1) is 5.92 Å². The second-order valence-corrected chi connectivity index (χ2v) is 5.05. The predicted octanol–water partition coefficient (Wildman–Crippen LogP) is 2.81. The lowest BCUT2D eigenvalue weighted by Crippen LogP contribution is -2.41. The zero-order chi connectivity index (χ0) is 12.3. The Labute approximate surface area is 104 Å². The summed E-state index contributed by atoms with van der Waals surface area (Å²) in [5.74, 6) is 0.650. The Kier molecular flexibility index (Phi) is 3.85. The van der Waals surface area contributed by atoms with Gasteiger partial charge < -0.3 is 10.2 Å². The lowest BCUT2D eigenvalue weighted by atomic mass is 10.0. The summed E-state index contributed by atoms with van der Waals surface area (Å²) in [6.45, 7) is 11.4. The van der Waals surface area contributed by atoms with Gasteiger partial charge in [-0.25, -0.2) is 0 Å². The maximum absolute atomic E-state index is 3.87. The summed E-state index contributed by atoms with van der Waals surface area (Å²) in [7, 11) is 0. The Morgan fingerprint density at radius 2 is 2.24 bits per heavy atom. The van der Waals surface area contributed by atoms with Gasteiger partial charge in [0.15, 0.2) is 0 Å². The molecular formula is C15H22N2. The van der Waals surface area contributed by atoms with Crippen LogP contribution < -0.4 is 10.2 Å². The second kappa shape index (κ2) is 5.37. The summed E-state index contributed by atoms with van der Waals surface area (Å²) < 4.78 is 0. The van der Waals surface area contributed by atoms with E-state index in [9.17, 15) is 0 Å². The highest BCUT2D eigenvalue weighted by molar-refractivity contribution is 5.55. The maximum Gasteiger partial charge on any atom is 0.0415 e. The van der Waals surface area contributed by atoms with Crippen LogP contribution in [-0.4, -0.2) is 19.1 Å². The molecule has 1 heterocycles. The third-order valence-corrected chi connectivity index (χ3v) is 3.46. The van der Waals surface area contributed by atoms with Crippen molar-refractivity contribution in [3.8, 4) is 0 Å². The van der Waals surface area contributed by atoms with Gasteiger partial charge in [0.05, 0.1) is 0 Å². The van der Waals surface area contributed by atoms with E-state index in [2.05, 4.69) is 54.9 Å². The molecule has 0 bridgehead atoms. The number of nitrogens with zero attached hydrogens (tertiary/aromatic N) is 1. The third-order valence-electron chi connectivity index (χ3n) is 3.46. The van der Waals surface area contributed by atoms with Crippen LogP contribution in [0.1, 0.15) is 19.4 Å². The van der Waals surface area contributed by atoms with Gasteiger partial charge in [0.25, 0.3) is 0 Å². The molecule has 92 valence electrons. The average molecular weight is 230 g/mol. The molecule has 0 aromatic heterocycles. The minimum Gasteiger partial charge on any atom is -0.366 e. The molecule has 17 heavy (non-hydrogen) atoms. The SMILES string of the molecule is C=CCN1CC(C(C)C)NCc2ccccc21. The smallest absolute Gasteiger partial charge is 0.0415 e. The molecule has 1 aromatic rings. The fourth-order valence-electron chi connectivity index (χ4n) is 2.39. The van der Waals surface area contributed by atoms with Crippen LogP contribution in [0.2, 0.25) is 0 Å². The fourth-order valence-corrected chi connectivity index (χ4v) is 2.39. The van der Waals surface area contributed by atoms with Gasteiger partial charge >= 0.3 is 0 Å². The van der Waals surface area contributed by atoms with E-state index in [0.717, 1.165) is 19.6 Å². The van der Waals surface area contributed by atoms with Crippen LogP contribution in [-0.2, 0) is 6.54 Å². The summed E-state index contributed by atoms with van der Waals surface area (Å²) in [4.78, 5) is 2.42. The molecule has 1 aliphatic heterocycles. The number of anilines is 1. The molecule has 1 aromatic carbocycles. The van der Waals surface area contributed by atoms with Crippen LogP contribution >= 0.6 is 0 Å². The summed E-state index contributed by atoms with van der Waals surface area (Å²) in [6, 6.07) is 9.19. The Balaban J connectivity index is 2.28. The molecule has 1 N–H and O–H groups in total. The summed E-state index contributed by atoms with van der Waals surface area (Å²) in [6.07, 6.45) is 1.99. The van der Waals surface area contributed by atoms with E-state index in [1.165, 1.54) is 11.3 Å². The normalized spacial score (nSPS) is 19.9.